The molecule has 0 aliphatic heterocycles. The molecule has 0 saturated heterocycles. The summed E-state index contributed by atoms with van der Waals surface area (Å²) in [4.78, 5) is 8.44. The molecule has 1 heterocycles. The van der Waals surface area contributed by atoms with Crippen molar-refractivity contribution in [2.75, 3.05) is 0 Å². The van der Waals surface area contributed by atoms with E-state index in [1.807, 2.05) is 42.5 Å². The topological polar surface area (TPSA) is 25.2 Å². The van der Waals surface area contributed by atoms with Gasteiger partial charge < -0.3 is 0 Å². The predicted octanol–water partition coefficient (Wildman–Crippen LogP) is 2.81. The van der Waals surface area contributed by atoms with E-state index in [1.54, 1.807) is 12.4 Å². The molecule has 1 aromatic carbocycles. The minimum absolute atomic E-state index is 0.837. The molecule has 0 spiro atoms. The number of aromatic nitrogens is 1. The van der Waals surface area contributed by atoms with Crippen molar-refractivity contribution in [3.8, 4) is 12.3 Å². The van der Waals surface area contributed by atoms with Crippen molar-refractivity contribution >= 4 is 11.9 Å². The van der Waals surface area contributed by atoms with Crippen LogP contribution < -0.4 is 0 Å². The monoisotopic (exact) mass is 206 g/mol. The lowest BCUT2D eigenvalue weighted by molar-refractivity contribution is 1.30. The number of hydrogen-bond donors (Lipinski definition) is 0. The average Bonchev–Trinajstić information content (AvgIpc) is 2.38. The van der Waals surface area contributed by atoms with Gasteiger partial charge in [-0.05, 0) is 36.4 Å². The Morgan fingerprint density at radius 1 is 1.12 bits per heavy atom. The van der Waals surface area contributed by atoms with Crippen LogP contribution in [0.2, 0.25) is 0 Å². The van der Waals surface area contributed by atoms with Crippen molar-refractivity contribution in [3.05, 3.63) is 59.9 Å². The van der Waals surface area contributed by atoms with Crippen LogP contribution in [0, 0.1) is 12.3 Å². The molecule has 2 nitrogen and oxygen atoms in total. The van der Waals surface area contributed by atoms with Crippen LogP contribution >= 0.6 is 0 Å². The molecule has 0 aliphatic carbocycles. The van der Waals surface area contributed by atoms with Gasteiger partial charge in [-0.3, -0.25) is 9.98 Å². The second-order valence-corrected chi connectivity index (χ2v) is 3.20. The first-order valence-electron chi connectivity index (χ1n) is 4.90. The lowest BCUT2D eigenvalue weighted by Gasteiger charge is -1.94. The Labute approximate surface area is 94.7 Å². The molecule has 16 heavy (non-hydrogen) atoms. The summed E-state index contributed by atoms with van der Waals surface area (Å²) in [5.74, 6) is 2.56. The van der Waals surface area contributed by atoms with Crippen molar-refractivity contribution in [1.82, 2.24) is 4.98 Å². The van der Waals surface area contributed by atoms with E-state index in [0.29, 0.717) is 0 Å². The van der Waals surface area contributed by atoms with Crippen molar-refractivity contribution < 1.29 is 0 Å². The van der Waals surface area contributed by atoms with Gasteiger partial charge in [-0.1, -0.05) is 12.0 Å². The Morgan fingerprint density at radius 2 is 1.94 bits per heavy atom. The maximum atomic E-state index is 5.27. The Hall–Kier alpha value is -2.40. The molecule has 0 bridgehead atoms. The van der Waals surface area contributed by atoms with E-state index in [-0.39, 0.29) is 0 Å². The average molecular weight is 206 g/mol. The fourth-order valence-corrected chi connectivity index (χ4v) is 1.24. The quantitative estimate of drug-likeness (QED) is 0.548. The predicted molar refractivity (Wildman–Crippen MR) is 65.9 cm³/mol. The number of terminal acetylenes is 1. The van der Waals surface area contributed by atoms with E-state index in [9.17, 15) is 0 Å². The SMILES string of the molecule is C#Cc1ccc(N=Cc2ccccn2)cc1. The highest BCUT2D eigenvalue weighted by atomic mass is 14.8. The second kappa shape index (κ2) is 4.90. The Balaban J connectivity index is 2.15. The minimum Gasteiger partial charge on any atom is -0.255 e. The Kier molecular flexibility index (Phi) is 3.10. The molecule has 0 unspecified atom stereocenters. The maximum Gasteiger partial charge on any atom is 0.0812 e. The van der Waals surface area contributed by atoms with Crippen molar-refractivity contribution in [1.29, 1.82) is 0 Å². The Bertz CT molecular complexity index is 519. The van der Waals surface area contributed by atoms with Gasteiger partial charge in [0.25, 0.3) is 0 Å². The van der Waals surface area contributed by atoms with Gasteiger partial charge in [0.1, 0.15) is 0 Å². The number of rotatable bonds is 2. The van der Waals surface area contributed by atoms with Gasteiger partial charge in [-0.15, -0.1) is 6.42 Å². The standard InChI is InChI=1S/C14H10N2/c1-2-12-6-8-13(9-7-12)16-11-14-5-3-4-10-15-14/h1,3-11H. The largest absolute Gasteiger partial charge is 0.255 e. The zero-order valence-corrected chi connectivity index (χ0v) is 8.67. The number of nitrogens with zero attached hydrogens (tertiary/aromatic N) is 2. The van der Waals surface area contributed by atoms with Crippen LogP contribution in [0.5, 0.6) is 0 Å². The number of aliphatic imine (C=N–C) groups is 1. The van der Waals surface area contributed by atoms with E-state index in [0.717, 1.165) is 16.9 Å². The van der Waals surface area contributed by atoms with Crippen LogP contribution in [0.25, 0.3) is 0 Å². The van der Waals surface area contributed by atoms with Crippen molar-refractivity contribution in [2.45, 2.75) is 0 Å². The summed E-state index contributed by atoms with van der Waals surface area (Å²) in [5, 5.41) is 0. The number of benzene rings is 1. The molecule has 2 aromatic rings. The highest BCUT2D eigenvalue weighted by molar-refractivity contribution is 5.79. The summed E-state index contributed by atoms with van der Waals surface area (Å²) in [5.41, 5.74) is 2.56. The van der Waals surface area contributed by atoms with Crippen LogP contribution in [0.4, 0.5) is 5.69 Å². The molecule has 0 amide bonds. The van der Waals surface area contributed by atoms with E-state index in [2.05, 4.69) is 15.9 Å². The highest BCUT2D eigenvalue weighted by Crippen LogP contribution is 2.12. The summed E-state index contributed by atoms with van der Waals surface area (Å²) in [6.07, 6.45) is 8.73. The molecule has 2 heteroatoms. The molecule has 0 fully saturated rings. The van der Waals surface area contributed by atoms with E-state index in [1.165, 1.54) is 0 Å². The normalized spacial score (nSPS) is 10.2. The molecular weight excluding hydrogens is 196 g/mol. The maximum absolute atomic E-state index is 5.27. The highest BCUT2D eigenvalue weighted by Gasteiger charge is 1.89. The third-order valence-electron chi connectivity index (χ3n) is 2.07. The van der Waals surface area contributed by atoms with Gasteiger partial charge in [0, 0.05) is 11.8 Å². The molecule has 0 radical (unpaired) electrons. The summed E-state index contributed by atoms with van der Waals surface area (Å²) < 4.78 is 0. The summed E-state index contributed by atoms with van der Waals surface area (Å²) in [6, 6.07) is 13.2. The third-order valence-corrected chi connectivity index (χ3v) is 2.07. The molecule has 0 aliphatic rings. The zero-order valence-electron chi connectivity index (χ0n) is 8.67. The first-order chi connectivity index (χ1) is 7.88. The van der Waals surface area contributed by atoms with Crippen LogP contribution in [0.1, 0.15) is 11.3 Å². The number of hydrogen-bond acceptors (Lipinski definition) is 2. The molecule has 76 valence electrons. The molecule has 0 atom stereocenters. The first-order valence-corrected chi connectivity index (χ1v) is 4.90. The lowest BCUT2D eigenvalue weighted by atomic mass is 10.2. The molecule has 0 N–H and O–H groups in total. The molecule has 2 rings (SSSR count). The molecule has 0 saturated carbocycles. The van der Waals surface area contributed by atoms with E-state index in [4.69, 9.17) is 6.42 Å². The summed E-state index contributed by atoms with van der Waals surface area (Å²) in [7, 11) is 0. The third kappa shape index (κ3) is 2.55. The van der Waals surface area contributed by atoms with Crippen molar-refractivity contribution in [2.24, 2.45) is 4.99 Å². The van der Waals surface area contributed by atoms with Gasteiger partial charge in [-0.2, -0.15) is 0 Å². The van der Waals surface area contributed by atoms with E-state index < -0.39 is 0 Å². The van der Waals surface area contributed by atoms with Crippen LogP contribution in [0.15, 0.2) is 53.7 Å². The zero-order chi connectivity index (χ0) is 11.2. The van der Waals surface area contributed by atoms with Crippen molar-refractivity contribution in [3.63, 3.8) is 0 Å². The summed E-state index contributed by atoms with van der Waals surface area (Å²) in [6.45, 7) is 0. The van der Waals surface area contributed by atoms with Gasteiger partial charge in [0.2, 0.25) is 0 Å². The summed E-state index contributed by atoms with van der Waals surface area (Å²) >= 11 is 0. The molecular formula is C14H10N2. The van der Waals surface area contributed by atoms with Gasteiger partial charge in [0.15, 0.2) is 0 Å². The van der Waals surface area contributed by atoms with Gasteiger partial charge in [-0.25, -0.2) is 0 Å². The number of pyridine rings is 1. The fourth-order valence-electron chi connectivity index (χ4n) is 1.24. The second-order valence-electron chi connectivity index (χ2n) is 3.20. The molecule has 1 aromatic heterocycles. The van der Waals surface area contributed by atoms with Gasteiger partial charge >= 0.3 is 0 Å². The van der Waals surface area contributed by atoms with E-state index >= 15 is 0 Å². The Morgan fingerprint density at radius 3 is 2.56 bits per heavy atom. The van der Waals surface area contributed by atoms with Gasteiger partial charge in [0.05, 0.1) is 17.6 Å². The van der Waals surface area contributed by atoms with Crippen LogP contribution in [-0.2, 0) is 0 Å². The lowest BCUT2D eigenvalue weighted by Crippen LogP contribution is -1.83. The van der Waals surface area contributed by atoms with Crippen LogP contribution in [-0.4, -0.2) is 11.2 Å². The fraction of sp³-hybridized carbons (Fsp3) is 0. The minimum atomic E-state index is 0.837. The van der Waals surface area contributed by atoms with Crippen LogP contribution in [0.3, 0.4) is 0 Å². The first kappa shape index (κ1) is 10.1. The smallest absolute Gasteiger partial charge is 0.0812 e.